The van der Waals surface area contributed by atoms with E-state index in [0.717, 1.165) is 24.5 Å². The summed E-state index contributed by atoms with van der Waals surface area (Å²) in [7, 11) is 1.87. The van der Waals surface area contributed by atoms with E-state index in [1.807, 2.05) is 37.5 Å². The second kappa shape index (κ2) is 6.72. The van der Waals surface area contributed by atoms with Crippen molar-refractivity contribution in [3.8, 4) is 23.1 Å². The van der Waals surface area contributed by atoms with E-state index in [9.17, 15) is 10.4 Å². The van der Waals surface area contributed by atoms with Crippen LogP contribution < -0.4 is 4.90 Å². The predicted molar refractivity (Wildman–Crippen MR) is 101 cm³/mol. The third-order valence-corrected chi connectivity index (χ3v) is 5.22. The summed E-state index contributed by atoms with van der Waals surface area (Å²) in [6, 6.07) is 13.5. The van der Waals surface area contributed by atoms with Crippen molar-refractivity contribution in [1.29, 1.82) is 5.26 Å². The van der Waals surface area contributed by atoms with Crippen molar-refractivity contribution in [1.82, 2.24) is 20.0 Å². The molecule has 136 valence electrons. The molecule has 0 radical (unpaired) electrons. The normalized spacial score (nSPS) is 16.1. The van der Waals surface area contributed by atoms with Gasteiger partial charge in [0.15, 0.2) is 0 Å². The van der Waals surface area contributed by atoms with Gasteiger partial charge in [0.2, 0.25) is 0 Å². The maximum Gasteiger partial charge on any atom is 0.125 e. The number of nitrogens with zero attached hydrogens (tertiary/aromatic N) is 6. The number of hydrogen-bond acceptors (Lipinski definition) is 6. The SMILES string of the molecule is Cn1ccc(C2(C#N)CCN(c3cnnc(-c4ccccc4O)c3)CC2)n1. The molecule has 1 aromatic carbocycles. The van der Waals surface area contributed by atoms with Gasteiger partial charge in [0.1, 0.15) is 11.2 Å². The first-order valence-electron chi connectivity index (χ1n) is 8.89. The molecule has 7 nitrogen and oxygen atoms in total. The summed E-state index contributed by atoms with van der Waals surface area (Å²) in [5, 5.41) is 32.6. The second-order valence-corrected chi connectivity index (χ2v) is 6.87. The molecule has 1 saturated heterocycles. The zero-order valence-electron chi connectivity index (χ0n) is 15.1. The van der Waals surface area contributed by atoms with Crippen LogP contribution in [0.3, 0.4) is 0 Å². The van der Waals surface area contributed by atoms with Crippen molar-refractivity contribution in [3.05, 3.63) is 54.5 Å². The molecular formula is C20H20N6O. The predicted octanol–water partition coefficient (Wildman–Crippen LogP) is 2.64. The molecule has 0 spiro atoms. The number of para-hydroxylation sites is 1. The van der Waals surface area contributed by atoms with E-state index in [2.05, 4.69) is 26.3 Å². The molecule has 7 heteroatoms. The van der Waals surface area contributed by atoms with Crippen molar-refractivity contribution >= 4 is 5.69 Å². The molecule has 4 rings (SSSR count). The Morgan fingerprint density at radius 2 is 1.96 bits per heavy atom. The van der Waals surface area contributed by atoms with Gasteiger partial charge in [-0.15, -0.1) is 0 Å². The molecular weight excluding hydrogens is 340 g/mol. The highest BCUT2D eigenvalue weighted by molar-refractivity contribution is 5.69. The van der Waals surface area contributed by atoms with Crippen LogP contribution in [0.5, 0.6) is 5.75 Å². The Bertz CT molecular complexity index is 997. The third kappa shape index (κ3) is 3.10. The van der Waals surface area contributed by atoms with Crippen LogP contribution in [-0.4, -0.2) is 38.2 Å². The minimum Gasteiger partial charge on any atom is -0.507 e. The van der Waals surface area contributed by atoms with Crippen LogP contribution in [0, 0.1) is 11.3 Å². The Hall–Kier alpha value is -3.40. The van der Waals surface area contributed by atoms with Gasteiger partial charge in [-0.1, -0.05) is 12.1 Å². The Balaban J connectivity index is 1.56. The summed E-state index contributed by atoms with van der Waals surface area (Å²) in [6.07, 6.45) is 5.01. The lowest BCUT2D eigenvalue weighted by atomic mass is 9.77. The molecule has 2 aromatic heterocycles. The molecule has 0 unspecified atom stereocenters. The van der Waals surface area contributed by atoms with Crippen LogP contribution >= 0.6 is 0 Å². The van der Waals surface area contributed by atoms with Gasteiger partial charge in [-0.3, -0.25) is 4.68 Å². The molecule has 27 heavy (non-hydrogen) atoms. The number of hydrogen-bond donors (Lipinski definition) is 1. The lowest BCUT2D eigenvalue weighted by Crippen LogP contribution is -2.42. The number of piperidine rings is 1. The summed E-state index contributed by atoms with van der Waals surface area (Å²) in [5.74, 6) is 0.182. The average Bonchev–Trinajstić information content (AvgIpc) is 3.15. The number of anilines is 1. The molecule has 0 bridgehead atoms. The van der Waals surface area contributed by atoms with Gasteiger partial charge in [0, 0.05) is 31.9 Å². The number of benzene rings is 1. The molecule has 1 fully saturated rings. The van der Waals surface area contributed by atoms with Gasteiger partial charge in [0.05, 0.1) is 29.3 Å². The first-order valence-corrected chi connectivity index (χ1v) is 8.89. The van der Waals surface area contributed by atoms with Gasteiger partial charge in [-0.2, -0.15) is 20.6 Å². The maximum atomic E-state index is 10.1. The molecule has 1 N–H and O–H groups in total. The minimum atomic E-state index is -0.543. The summed E-state index contributed by atoms with van der Waals surface area (Å²) in [5.41, 5.74) is 2.53. The van der Waals surface area contributed by atoms with Crippen molar-refractivity contribution in [2.75, 3.05) is 18.0 Å². The van der Waals surface area contributed by atoms with E-state index in [0.29, 0.717) is 24.1 Å². The van der Waals surface area contributed by atoms with Gasteiger partial charge in [-0.05, 0) is 37.1 Å². The quantitative estimate of drug-likeness (QED) is 0.772. The van der Waals surface area contributed by atoms with E-state index in [1.165, 1.54) is 0 Å². The van der Waals surface area contributed by atoms with Crippen LogP contribution in [0.4, 0.5) is 5.69 Å². The lowest BCUT2D eigenvalue weighted by molar-refractivity contribution is 0.402. The fourth-order valence-corrected chi connectivity index (χ4v) is 3.59. The van der Waals surface area contributed by atoms with Crippen LogP contribution in [0.1, 0.15) is 18.5 Å². The lowest BCUT2D eigenvalue weighted by Gasteiger charge is -2.37. The highest BCUT2D eigenvalue weighted by Crippen LogP contribution is 2.36. The number of nitriles is 1. The van der Waals surface area contributed by atoms with Crippen LogP contribution in [0.25, 0.3) is 11.3 Å². The van der Waals surface area contributed by atoms with E-state index in [4.69, 9.17) is 0 Å². The van der Waals surface area contributed by atoms with Gasteiger partial charge in [0.25, 0.3) is 0 Å². The van der Waals surface area contributed by atoms with Gasteiger partial charge >= 0.3 is 0 Å². The minimum absolute atomic E-state index is 0.182. The molecule has 3 heterocycles. The van der Waals surface area contributed by atoms with E-state index >= 15 is 0 Å². The van der Waals surface area contributed by atoms with Crippen molar-refractivity contribution in [2.45, 2.75) is 18.3 Å². The summed E-state index contributed by atoms with van der Waals surface area (Å²) in [4.78, 5) is 2.21. The number of phenolic OH excluding ortho intramolecular Hbond substituents is 1. The van der Waals surface area contributed by atoms with E-state index in [1.54, 1.807) is 23.0 Å². The molecule has 0 aliphatic carbocycles. The molecule has 0 atom stereocenters. The summed E-state index contributed by atoms with van der Waals surface area (Å²) >= 11 is 0. The first kappa shape index (κ1) is 17.0. The zero-order valence-corrected chi connectivity index (χ0v) is 15.1. The maximum absolute atomic E-state index is 10.1. The third-order valence-electron chi connectivity index (χ3n) is 5.22. The number of phenols is 1. The smallest absolute Gasteiger partial charge is 0.125 e. The van der Waals surface area contributed by atoms with Crippen molar-refractivity contribution < 1.29 is 5.11 Å². The molecule has 1 aliphatic heterocycles. The number of aryl methyl sites for hydroxylation is 1. The fourth-order valence-electron chi connectivity index (χ4n) is 3.59. The van der Waals surface area contributed by atoms with E-state index < -0.39 is 5.41 Å². The Labute approximate surface area is 157 Å². The Morgan fingerprint density at radius 1 is 1.19 bits per heavy atom. The molecule has 1 aliphatic rings. The number of rotatable bonds is 3. The average molecular weight is 360 g/mol. The van der Waals surface area contributed by atoms with Crippen molar-refractivity contribution in [2.24, 2.45) is 7.05 Å². The molecule has 0 amide bonds. The monoisotopic (exact) mass is 360 g/mol. The van der Waals surface area contributed by atoms with Crippen LogP contribution in [-0.2, 0) is 12.5 Å². The highest BCUT2D eigenvalue weighted by atomic mass is 16.3. The first-order chi connectivity index (χ1) is 13.1. The summed E-state index contributed by atoms with van der Waals surface area (Å²) in [6.45, 7) is 1.46. The topological polar surface area (TPSA) is 90.9 Å². The zero-order chi connectivity index (χ0) is 18.9. The number of aromatic hydroxyl groups is 1. The van der Waals surface area contributed by atoms with Gasteiger partial charge in [-0.25, -0.2) is 0 Å². The fraction of sp³-hybridized carbons (Fsp3) is 0.300. The van der Waals surface area contributed by atoms with E-state index in [-0.39, 0.29) is 5.75 Å². The summed E-state index contributed by atoms with van der Waals surface area (Å²) < 4.78 is 1.74. The highest BCUT2D eigenvalue weighted by Gasteiger charge is 2.38. The molecule has 0 saturated carbocycles. The number of aromatic nitrogens is 4. The largest absolute Gasteiger partial charge is 0.507 e. The standard InChI is InChI=1S/C20H20N6O/c1-25-9-6-19(24-25)20(14-21)7-10-26(11-8-20)15-12-17(23-22-13-15)16-4-2-3-5-18(16)27/h2-6,9,12-13,27H,7-8,10-11H2,1H3. The Kier molecular flexibility index (Phi) is 4.24. The van der Waals surface area contributed by atoms with Gasteiger partial charge < -0.3 is 10.0 Å². The van der Waals surface area contributed by atoms with Crippen LogP contribution in [0.15, 0.2) is 48.8 Å². The van der Waals surface area contributed by atoms with Crippen molar-refractivity contribution in [3.63, 3.8) is 0 Å². The Morgan fingerprint density at radius 3 is 2.63 bits per heavy atom. The van der Waals surface area contributed by atoms with Crippen LogP contribution in [0.2, 0.25) is 0 Å². The second-order valence-electron chi connectivity index (χ2n) is 6.87. The molecule has 3 aromatic rings.